The third-order valence-corrected chi connectivity index (χ3v) is 11.4. The van der Waals surface area contributed by atoms with Crippen molar-refractivity contribution >= 4 is 20.2 Å². The molecule has 6 saturated carbocycles. The molecule has 0 aromatic heterocycles. The highest BCUT2D eigenvalue weighted by Gasteiger charge is 2.62. The molecule has 0 aromatic rings. The highest BCUT2D eigenvalue weighted by Crippen LogP contribution is 2.60. The van der Waals surface area contributed by atoms with Crippen LogP contribution in [0, 0.1) is 29.6 Å². The van der Waals surface area contributed by atoms with Crippen molar-refractivity contribution in [2.45, 2.75) is 73.9 Å². The zero-order chi connectivity index (χ0) is 17.6. The molecule has 6 bridgehead atoms. The van der Waals surface area contributed by atoms with E-state index in [0.29, 0.717) is 25.2 Å². The van der Waals surface area contributed by atoms with Gasteiger partial charge in [0.2, 0.25) is 0 Å². The second-order valence-corrected chi connectivity index (χ2v) is 13.0. The van der Waals surface area contributed by atoms with Crippen LogP contribution in [0.3, 0.4) is 0 Å². The SMILES string of the molecule is O=S(=O)(OC1C2CC3CC1CC(S(=O)(=O)O)(C3)C2)C1CC2CCC1C2. The normalized spacial score (nSPS) is 51.3. The summed E-state index contributed by atoms with van der Waals surface area (Å²) in [6.45, 7) is 0. The Kier molecular flexibility index (Phi) is 3.53. The third-order valence-electron chi connectivity index (χ3n) is 7.97. The Morgan fingerprint density at radius 2 is 1.44 bits per heavy atom. The summed E-state index contributed by atoms with van der Waals surface area (Å²) in [6.07, 6.45) is 6.33. The Morgan fingerprint density at radius 3 is 1.96 bits per heavy atom. The van der Waals surface area contributed by atoms with E-state index in [2.05, 4.69) is 0 Å². The largest absolute Gasteiger partial charge is 0.285 e. The Hall–Kier alpha value is -0.180. The summed E-state index contributed by atoms with van der Waals surface area (Å²) in [6, 6.07) is 0. The van der Waals surface area contributed by atoms with Crippen molar-refractivity contribution in [1.29, 1.82) is 0 Å². The van der Waals surface area contributed by atoms with Crippen LogP contribution in [0.25, 0.3) is 0 Å². The van der Waals surface area contributed by atoms with Gasteiger partial charge < -0.3 is 0 Å². The molecule has 0 aromatic carbocycles. The van der Waals surface area contributed by atoms with Gasteiger partial charge in [-0.15, -0.1) is 0 Å². The summed E-state index contributed by atoms with van der Waals surface area (Å²) in [5.41, 5.74) is 0. The smallest absolute Gasteiger partial charge is 0.270 e. The monoisotopic (exact) mass is 390 g/mol. The molecule has 25 heavy (non-hydrogen) atoms. The molecule has 8 heteroatoms. The maximum Gasteiger partial charge on any atom is 0.270 e. The Bertz CT molecular complexity index is 772. The van der Waals surface area contributed by atoms with Crippen LogP contribution in [-0.2, 0) is 24.4 Å². The molecular formula is C17H26O6S2. The van der Waals surface area contributed by atoms with Crippen LogP contribution in [0.4, 0.5) is 0 Å². The molecule has 1 N–H and O–H groups in total. The Morgan fingerprint density at radius 1 is 0.800 bits per heavy atom. The minimum Gasteiger partial charge on any atom is -0.285 e. The zero-order valence-electron chi connectivity index (χ0n) is 14.2. The van der Waals surface area contributed by atoms with Gasteiger partial charge in [0, 0.05) is 0 Å². The summed E-state index contributed by atoms with van der Waals surface area (Å²) >= 11 is 0. The van der Waals surface area contributed by atoms with Gasteiger partial charge in [0.05, 0.1) is 16.1 Å². The molecule has 0 heterocycles. The fraction of sp³-hybridized carbons (Fsp3) is 1.00. The van der Waals surface area contributed by atoms with Gasteiger partial charge in [0.25, 0.3) is 20.2 Å². The first-order valence-corrected chi connectivity index (χ1v) is 12.5. The molecule has 0 aliphatic heterocycles. The lowest BCUT2D eigenvalue weighted by atomic mass is 9.54. The van der Waals surface area contributed by atoms with Crippen LogP contribution in [0.15, 0.2) is 0 Å². The predicted octanol–water partition coefficient (Wildman–Crippen LogP) is 2.36. The van der Waals surface area contributed by atoms with Crippen LogP contribution >= 0.6 is 0 Å². The molecule has 6 fully saturated rings. The molecule has 0 radical (unpaired) electrons. The van der Waals surface area contributed by atoms with Crippen LogP contribution in [-0.4, -0.2) is 37.5 Å². The van der Waals surface area contributed by atoms with E-state index in [9.17, 15) is 21.4 Å². The molecule has 6 aliphatic carbocycles. The van der Waals surface area contributed by atoms with E-state index in [1.54, 1.807) is 0 Å². The summed E-state index contributed by atoms with van der Waals surface area (Å²) in [4.78, 5) is 0. The van der Waals surface area contributed by atoms with Crippen molar-refractivity contribution in [2.24, 2.45) is 29.6 Å². The molecule has 0 amide bonds. The maximum atomic E-state index is 12.9. The second-order valence-electron chi connectivity index (χ2n) is 9.39. The summed E-state index contributed by atoms with van der Waals surface area (Å²) < 4.78 is 64.2. The molecule has 6 nitrogen and oxygen atoms in total. The van der Waals surface area contributed by atoms with Crippen LogP contribution in [0.1, 0.15) is 57.8 Å². The lowest BCUT2D eigenvalue weighted by molar-refractivity contribution is -0.0693. The minimum absolute atomic E-state index is 0.0680. The second kappa shape index (κ2) is 5.20. The van der Waals surface area contributed by atoms with Crippen molar-refractivity contribution in [3.05, 3.63) is 0 Å². The van der Waals surface area contributed by atoms with Gasteiger partial charge in [-0.05, 0) is 81.0 Å². The molecule has 0 saturated heterocycles. The Labute approximate surface area is 149 Å². The predicted molar refractivity (Wildman–Crippen MR) is 90.9 cm³/mol. The van der Waals surface area contributed by atoms with E-state index in [1.807, 2.05) is 0 Å². The molecule has 142 valence electrons. The molecular weight excluding hydrogens is 364 g/mol. The topological polar surface area (TPSA) is 97.7 Å². The fourth-order valence-electron chi connectivity index (χ4n) is 7.14. The van der Waals surface area contributed by atoms with Crippen molar-refractivity contribution in [3.8, 4) is 0 Å². The number of hydrogen-bond donors (Lipinski definition) is 1. The fourth-order valence-corrected chi connectivity index (χ4v) is 10.4. The first-order chi connectivity index (χ1) is 11.7. The number of rotatable bonds is 4. The van der Waals surface area contributed by atoms with Crippen molar-refractivity contribution in [1.82, 2.24) is 0 Å². The number of fused-ring (bicyclic) bond motifs is 2. The van der Waals surface area contributed by atoms with Gasteiger partial charge in [-0.25, -0.2) is 0 Å². The van der Waals surface area contributed by atoms with E-state index >= 15 is 0 Å². The lowest BCUT2D eigenvalue weighted by Gasteiger charge is -2.57. The Balaban J connectivity index is 1.38. The molecule has 6 aliphatic rings. The van der Waals surface area contributed by atoms with E-state index in [4.69, 9.17) is 4.18 Å². The summed E-state index contributed by atoms with van der Waals surface area (Å²) in [5.74, 6) is 0.915. The quantitative estimate of drug-likeness (QED) is 0.584. The zero-order valence-corrected chi connectivity index (χ0v) is 15.8. The molecule has 5 atom stereocenters. The van der Waals surface area contributed by atoms with E-state index in [0.717, 1.165) is 38.5 Å². The van der Waals surface area contributed by atoms with Gasteiger partial charge >= 0.3 is 0 Å². The van der Waals surface area contributed by atoms with E-state index in [1.165, 1.54) is 0 Å². The van der Waals surface area contributed by atoms with E-state index < -0.39 is 31.1 Å². The summed E-state index contributed by atoms with van der Waals surface area (Å²) in [7, 11) is -7.72. The first kappa shape index (κ1) is 17.0. The molecule has 0 spiro atoms. The maximum absolute atomic E-state index is 12.9. The van der Waals surface area contributed by atoms with Crippen molar-refractivity contribution in [2.75, 3.05) is 0 Å². The highest BCUT2D eigenvalue weighted by molar-refractivity contribution is 7.87. The minimum atomic E-state index is -4.12. The van der Waals surface area contributed by atoms with Gasteiger partial charge in [0.1, 0.15) is 0 Å². The first-order valence-electron chi connectivity index (χ1n) is 9.56. The molecule has 6 rings (SSSR count). The van der Waals surface area contributed by atoms with Gasteiger partial charge in [-0.1, -0.05) is 6.42 Å². The van der Waals surface area contributed by atoms with Crippen molar-refractivity contribution in [3.63, 3.8) is 0 Å². The van der Waals surface area contributed by atoms with E-state index in [-0.39, 0.29) is 28.9 Å². The van der Waals surface area contributed by atoms with Gasteiger partial charge in [-0.2, -0.15) is 16.8 Å². The van der Waals surface area contributed by atoms with Crippen LogP contribution in [0.5, 0.6) is 0 Å². The number of hydrogen-bond acceptors (Lipinski definition) is 5. The molecule has 5 unspecified atom stereocenters. The van der Waals surface area contributed by atoms with Gasteiger partial charge in [0.15, 0.2) is 0 Å². The lowest BCUT2D eigenvalue weighted by Crippen LogP contribution is -2.60. The highest BCUT2D eigenvalue weighted by atomic mass is 32.2. The average Bonchev–Trinajstić information content (AvgIpc) is 3.12. The van der Waals surface area contributed by atoms with Crippen molar-refractivity contribution < 1.29 is 25.6 Å². The van der Waals surface area contributed by atoms with Crippen LogP contribution in [0.2, 0.25) is 0 Å². The summed E-state index contributed by atoms with van der Waals surface area (Å²) in [5, 5.41) is -0.362. The van der Waals surface area contributed by atoms with Crippen LogP contribution < -0.4 is 0 Å². The third kappa shape index (κ3) is 2.47. The standard InChI is InChI=1S/C17H26O6S2/c18-24(19,15-6-10-1-2-12(15)3-10)23-16-13-4-11-5-14(16)9-17(7-11,8-13)25(20,21)22/h10-16H,1-9H2,(H,20,21,22). The average molecular weight is 391 g/mol. The van der Waals surface area contributed by atoms with Gasteiger partial charge in [-0.3, -0.25) is 8.74 Å².